The number of carbonyl (C=O) groups is 1. The van der Waals surface area contributed by atoms with Crippen molar-refractivity contribution in [2.75, 3.05) is 16.2 Å². The Morgan fingerprint density at radius 2 is 1.79 bits per heavy atom. The van der Waals surface area contributed by atoms with Gasteiger partial charge in [0.25, 0.3) is 10.0 Å². The van der Waals surface area contributed by atoms with Gasteiger partial charge in [0.1, 0.15) is 0 Å². The molecule has 6 nitrogen and oxygen atoms in total. The molecule has 33 heavy (non-hydrogen) atoms. The van der Waals surface area contributed by atoms with Crippen molar-refractivity contribution >= 4 is 39.9 Å². The molecule has 1 aliphatic rings. The number of fused-ring (bicyclic) bond motifs is 1. The molecule has 0 aromatic heterocycles. The minimum absolute atomic E-state index is 0.133. The maximum absolute atomic E-state index is 13.3. The summed E-state index contributed by atoms with van der Waals surface area (Å²) >= 11 is 4.61. The van der Waals surface area contributed by atoms with E-state index in [0.717, 1.165) is 24.0 Å². The van der Waals surface area contributed by atoms with Crippen molar-refractivity contribution in [2.45, 2.75) is 29.4 Å². The standard InChI is InChI=1S/C25H23N3O3S2/c26-17-18-11-13-19(14-12-18)23(32)16-24(29)28-15-5-7-20-6-4-10-22(25(20)28)27-33(30,31)21-8-2-1-3-9-21/h1-4,6,8-14,23,27,32H,5,7,15-16H2. The second-order valence-corrected chi connectivity index (χ2v) is 10.1. The van der Waals surface area contributed by atoms with Crippen LogP contribution in [0.15, 0.2) is 77.7 Å². The van der Waals surface area contributed by atoms with Gasteiger partial charge in [-0.05, 0) is 54.3 Å². The van der Waals surface area contributed by atoms with E-state index >= 15 is 0 Å². The number of sulfonamides is 1. The molecule has 1 unspecified atom stereocenters. The number of carbonyl (C=O) groups excluding carboxylic acids is 1. The molecule has 1 atom stereocenters. The second kappa shape index (κ2) is 9.69. The Labute approximate surface area is 199 Å². The molecule has 3 aromatic rings. The zero-order valence-electron chi connectivity index (χ0n) is 17.8. The van der Waals surface area contributed by atoms with Gasteiger partial charge in [0.05, 0.1) is 27.9 Å². The zero-order valence-corrected chi connectivity index (χ0v) is 19.5. The van der Waals surface area contributed by atoms with Crippen LogP contribution in [0, 0.1) is 11.3 Å². The smallest absolute Gasteiger partial charge is 0.261 e. The third-order valence-electron chi connectivity index (χ3n) is 5.61. The van der Waals surface area contributed by atoms with Crippen LogP contribution in [0.2, 0.25) is 0 Å². The summed E-state index contributed by atoms with van der Waals surface area (Å²) in [6.07, 6.45) is 1.70. The summed E-state index contributed by atoms with van der Waals surface area (Å²) in [6.45, 7) is 0.504. The van der Waals surface area contributed by atoms with Gasteiger partial charge < -0.3 is 4.90 Å². The average molecular weight is 478 g/mol. The van der Waals surface area contributed by atoms with Gasteiger partial charge in [-0.3, -0.25) is 9.52 Å². The summed E-state index contributed by atoms with van der Waals surface area (Å²) in [6, 6.07) is 22.6. The molecule has 8 heteroatoms. The highest BCUT2D eigenvalue weighted by molar-refractivity contribution is 7.92. The number of nitriles is 1. The van der Waals surface area contributed by atoms with E-state index in [1.165, 1.54) is 12.1 Å². The number of benzene rings is 3. The normalized spacial score (nSPS) is 14.1. The molecular formula is C25H23N3O3S2. The fourth-order valence-corrected chi connectivity index (χ4v) is 5.38. The quantitative estimate of drug-likeness (QED) is 0.504. The maximum Gasteiger partial charge on any atom is 0.261 e. The molecule has 4 rings (SSSR count). The largest absolute Gasteiger partial charge is 0.310 e. The van der Waals surface area contributed by atoms with E-state index in [2.05, 4.69) is 23.4 Å². The van der Waals surface area contributed by atoms with Gasteiger partial charge in [-0.15, -0.1) is 0 Å². The zero-order chi connectivity index (χ0) is 23.4. The van der Waals surface area contributed by atoms with Crippen molar-refractivity contribution in [1.29, 1.82) is 5.26 Å². The van der Waals surface area contributed by atoms with Crippen LogP contribution < -0.4 is 9.62 Å². The first-order valence-corrected chi connectivity index (χ1v) is 12.6. The first-order chi connectivity index (χ1) is 15.9. The number of nitrogens with one attached hydrogen (secondary N) is 1. The molecule has 0 bridgehead atoms. The van der Waals surface area contributed by atoms with Crippen LogP contribution in [0.3, 0.4) is 0 Å². The van der Waals surface area contributed by atoms with E-state index in [0.29, 0.717) is 23.5 Å². The number of aryl methyl sites for hydroxylation is 1. The lowest BCUT2D eigenvalue weighted by molar-refractivity contribution is -0.118. The molecule has 0 saturated heterocycles. The Morgan fingerprint density at radius 1 is 1.06 bits per heavy atom. The molecule has 0 radical (unpaired) electrons. The average Bonchev–Trinajstić information content (AvgIpc) is 2.84. The third-order valence-corrected chi connectivity index (χ3v) is 7.47. The highest BCUT2D eigenvalue weighted by Gasteiger charge is 2.28. The van der Waals surface area contributed by atoms with Crippen LogP contribution in [-0.4, -0.2) is 20.9 Å². The Hall–Kier alpha value is -3.28. The van der Waals surface area contributed by atoms with Crippen LogP contribution in [0.1, 0.15) is 34.8 Å². The van der Waals surface area contributed by atoms with Crippen LogP contribution in [0.5, 0.6) is 0 Å². The number of hydrogen-bond donors (Lipinski definition) is 2. The third kappa shape index (κ3) is 5.05. The monoisotopic (exact) mass is 477 g/mol. The molecule has 0 aliphatic carbocycles. The highest BCUT2D eigenvalue weighted by atomic mass is 32.2. The molecule has 1 aliphatic heterocycles. The Bertz CT molecular complexity index is 1300. The number of anilines is 2. The molecule has 168 valence electrons. The Kier molecular flexibility index (Phi) is 6.72. The van der Waals surface area contributed by atoms with Crippen molar-refractivity contribution in [3.63, 3.8) is 0 Å². The first-order valence-electron chi connectivity index (χ1n) is 10.6. The number of thiol groups is 1. The summed E-state index contributed by atoms with van der Waals surface area (Å²) in [4.78, 5) is 15.1. The molecule has 0 saturated carbocycles. The van der Waals surface area contributed by atoms with Gasteiger partial charge in [0, 0.05) is 18.2 Å². The van der Waals surface area contributed by atoms with Crippen molar-refractivity contribution in [3.05, 3.63) is 89.5 Å². The number of rotatable bonds is 6. The second-order valence-electron chi connectivity index (χ2n) is 7.83. The Morgan fingerprint density at radius 3 is 2.48 bits per heavy atom. The van der Waals surface area contributed by atoms with E-state index in [9.17, 15) is 13.2 Å². The predicted octanol–water partition coefficient (Wildman–Crippen LogP) is 4.70. The number of para-hydroxylation sites is 1. The highest BCUT2D eigenvalue weighted by Crippen LogP contribution is 2.37. The lowest BCUT2D eigenvalue weighted by atomic mass is 9.99. The lowest BCUT2D eigenvalue weighted by Crippen LogP contribution is -2.36. The maximum atomic E-state index is 13.3. The summed E-state index contributed by atoms with van der Waals surface area (Å²) in [5.74, 6) is -0.133. The molecular weight excluding hydrogens is 454 g/mol. The van der Waals surface area contributed by atoms with Crippen LogP contribution in [0.4, 0.5) is 11.4 Å². The molecule has 0 spiro atoms. The van der Waals surface area contributed by atoms with Crippen molar-refractivity contribution in [3.8, 4) is 6.07 Å². The van der Waals surface area contributed by atoms with Crippen LogP contribution in [-0.2, 0) is 21.2 Å². The fourth-order valence-electron chi connectivity index (χ4n) is 3.96. The lowest BCUT2D eigenvalue weighted by Gasteiger charge is -2.32. The van der Waals surface area contributed by atoms with Crippen LogP contribution >= 0.6 is 12.6 Å². The topological polar surface area (TPSA) is 90.3 Å². The van der Waals surface area contributed by atoms with Gasteiger partial charge in [-0.25, -0.2) is 8.42 Å². The summed E-state index contributed by atoms with van der Waals surface area (Å²) in [5, 5.41) is 8.63. The summed E-state index contributed by atoms with van der Waals surface area (Å²) < 4.78 is 28.5. The van der Waals surface area contributed by atoms with E-state index < -0.39 is 10.0 Å². The Balaban J connectivity index is 1.60. The number of hydrogen-bond acceptors (Lipinski definition) is 5. The summed E-state index contributed by atoms with van der Waals surface area (Å²) in [7, 11) is -3.80. The van der Waals surface area contributed by atoms with E-state index in [1.54, 1.807) is 59.5 Å². The number of nitrogens with zero attached hydrogens (tertiary/aromatic N) is 2. The predicted molar refractivity (Wildman–Crippen MR) is 132 cm³/mol. The van der Waals surface area contributed by atoms with Gasteiger partial charge in [-0.1, -0.05) is 42.5 Å². The minimum Gasteiger partial charge on any atom is -0.310 e. The summed E-state index contributed by atoms with van der Waals surface area (Å²) in [5.41, 5.74) is 3.32. The van der Waals surface area contributed by atoms with Gasteiger partial charge in [-0.2, -0.15) is 17.9 Å². The van der Waals surface area contributed by atoms with Crippen molar-refractivity contribution < 1.29 is 13.2 Å². The molecule has 0 fully saturated rings. The van der Waals surface area contributed by atoms with Gasteiger partial charge in [0.2, 0.25) is 5.91 Å². The molecule has 1 amide bonds. The SMILES string of the molecule is N#Cc1ccc(C(S)CC(=O)N2CCCc3cccc(NS(=O)(=O)c4ccccc4)c32)cc1. The van der Waals surface area contributed by atoms with Crippen LogP contribution in [0.25, 0.3) is 0 Å². The van der Waals surface area contributed by atoms with Gasteiger partial charge in [0.15, 0.2) is 0 Å². The van der Waals surface area contributed by atoms with E-state index in [-0.39, 0.29) is 22.5 Å². The fraction of sp³-hybridized carbons (Fsp3) is 0.200. The van der Waals surface area contributed by atoms with Crippen molar-refractivity contribution in [2.24, 2.45) is 0 Å². The van der Waals surface area contributed by atoms with Crippen molar-refractivity contribution in [1.82, 2.24) is 0 Å². The first kappa shape index (κ1) is 22.9. The molecule has 3 aromatic carbocycles. The van der Waals surface area contributed by atoms with E-state index in [4.69, 9.17) is 5.26 Å². The molecule has 1 N–H and O–H groups in total. The van der Waals surface area contributed by atoms with Gasteiger partial charge >= 0.3 is 0 Å². The molecule has 1 heterocycles. The van der Waals surface area contributed by atoms with E-state index in [1.807, 2.05) is 6.07 Å². The number of amides is 1. The minimum atomic E-state index is -3.80.